The standard InChI is InChI=1S/C14H16ClN5O2/c1-7-4-9(20(3)19-7)5-17-13-11(8(2)16)12(15)10(6-18-13)14(21)22/h4,6,16H,5H2,1-3H3,(H,17,18)(H,21,22). The Labute approximate surface area is 132 Å². The fraction of sp³-hybridized carbons (Fsp3) is 0.286. The second-order valence-electron chi connectivity index (χ2n) is 4.89. The van der Waals surface area contributed by atoms with Crippen molar-refractivity contribution < 1.29 is 9.90 Å². The number of aromatic nitrogens is 3. The molecule has 0 aliphatic heterocycles. The Morgan fingerprint density at radius 3 is 2.73 bits per heavy atom. The second kappa shape index (κ2) is 6.15. The molecule has 2 aromatic heterocycles. The molecule has 0 aliphatic carbocycles. The molecule has 116 valence electrons. The van der Waals surface area contributed by atoms with Crippen LogP contribution in [-0.2, 0) is 13.6 Å². The Morgan fingerprint density at radius 1 is 1.55 bits per heavy atom. The van der Waals surface area contributed by atoms with E-state index in [9.17, 15) is 4.79 Å². The van der Waals surface area contributed by atoms with Gasteiger partial charge in [0.25, 0.3) is 0 Å². The van der Waals surface area contributed by atoms with Gasteiger partial charge in [0.1, 0.15) is 5.82 Å². The summed E-state index contributed by atoms with van der Waals surface area (Å²) in [6.45, 7) is 3.87. The molecule has 7 nitrogen and oxygen atoms in total. The number of nitrogens with one attached hydrogen (secondary N) is 2. The number of hydrogen-bond donors (Lipinski definition) is 3. The van der Waals surface area contributed by atoms with E-state index in [1.165, 1.54) is 13.1 Å². The summed E-state index contributed by atoms with van der Waals surface area (Å²) < 4.78 is 1.74. The molecule has 0 radical (unpaired) electrons. The van der Waals surface area contributed by atoms with Gasteiger partial charge in [-0.3, -0.25) is 4.68 Å². The fourth-order valence-corrected chi connectivity index (χ4v) is 2.48. The van der Waals surface area contributed by atoms with Crippen molar-refractivity contribution in [2.45, 2.75) is 20.4 Å². The highest BCUT2D eigenvalue weighted by Gasteiger charge is 2.19. The molecule has 0 unspecified atom stereocenters. The number of rotatable bonds is 5. The third-order valence-electron chi connectivity index (χ3n) is 3.16. The summed E-state index contributed by atoms with van der Waals surface area (Å²) in [7, 11) is 1.83. The summed E-state index contributed by atoms with van der Waals surface area (Å²) in [5, 5.41) is 24.2. The van der Waals surface area contributed by atoms with Gasteiger partial charge in [0.05, 0.1) is 34.1 Å². The van der Waals surface area contributed by atoms with E-state index in [0.717, 1.165) is 11.4 Å². The Hall–Kier alpha value is -2.41. The van der Waals surface area contributed by atoms with Crippen molar-refractivity contribution in [1.82, 2.24) is 14.8 Å². The lowest BCUT2D eigenvalue weighted by molar-refractivity contribution is 0.0696. The zero-order chi connectivity index (χ0) is 16.4. The molecule has 0 spiro atoms. The first-order chi connectivity index (χ1) is 10.3. The Kier molecular flexibility index (Phi) is 4.46. The zero-order valence-corrected chi connectivity index (χ0v) is 13.2. The maximum absolute atomic E-state index is 11.1. The van der Waals surface area contributed by atoms with E-state index < -0.39 is 5.97 Å². The van der Waals surface area contributed by atoms with Gasteiger partial charge < -0.3 is 15.8 Å². The van der Waals surface area contributed by atoms with Gasteiger partial charge in [-0.15, -0.1) is 0 Å². The Morgan fingerprint density at radius 2 is 2.23 bits per heavy atom. The topological polar surface area (TPSA) is 104 Å². The first-order valence-electron chi connectivity index (χ1n) is 6.52. The number of carbonyl (C=O) groups is 1. The molecular weight excluding hydrogens is 306 g/mol. The Bertz CT molecular complexity index is 754. The van der Waals surface area contributed by atoms with Crippen molar-refractivity contribution in [3.63, 3.8) is 0 Å². The summed E-state index contributed by atoms with van der Waals surface area (Å²) in [4.78, 5) is 15.2. The van der Waals surface area contributed by atoms with Crippen LogP contribution in [0.2, 0.25) is 5.02 Å². The smallest absolute Gasteiger partial charge is 0.338 e. The van der Waals surface area contributed by atoms with Crippen molar-refractivity contribution in [3.8, 4) is 0 Å². The molecule has 0 bridgehead atoms. The van der Waals surface area contributed by atoms with E-state index in [1.54, 1.807) is 4.68 Å². The molecule has 0 amide bonds. The fourth-order valence-electron chi connectivity index (χ4n) is 2.12. The van der Waals surface area contributed by atoms with Gasteiger partial charge in [0.15, 0.2) is 0 Å². The van der Waals surface area contributed by atoms with Crippen molar-refractivity contribution in [2.24, 2.45) is 7.05 Å². The third-order valence-corrected chi connectivity index (χ3v) is 3.55. The van der Waals surface area contributed by atoms with E-state index in [2.05, 4.69) is 15.4 Å². The van der Waals surface area contributed by atoms with Crippen LogP contribution >= 0.6 is 11.6 Å². The number of carboxylic acid groups (broad SMARTS) is 1. The highest BCUT2D eigenvalue weighted by atomic mass is 35.5. The molecule has 0 aliphatic rings. The minimum Gasteiger partial charge on any atom is -0.478 e. The van der Waals surface area contributed by atoms with Gasteiger partial charge in [0, 0.05) is 19.0 Å². The zero-order valence-electron chi connectivity index (χ0n) is 12.4. The molecule has 22 heavy (non-hydrogen) atoms. The average molecular weight is 322 g/mol. The minimum absolute atomic E-state index is 0.0127. The van der Waals surface area contributed by atoms with Crippen LogP contribution in [0.1, 0.15) is 34.2 Å². The van der Waals surface area contributed by atoms with E-state index in [1.807, 2.05) is 20.0 Å². The first-order valence-corrected chi connectivity index (χ1v) is 6.89. The molecule has 2 heterocycles. The highest BCUT2D eigenvalue weighted by molar-refractivity contribution is 6.37. The molecule has 3 N–H and O–H groups in total. The van der Waals surface area contributed by atoms with Crippen LogP contribution in [0.25, 0.3) is 0 Å². The molecule has 8 heteroatoms. The number of aromatic carboxylic acids is 1. The number of aryl methyl sites for hydroxylation is 2. The Balaban J connectivity index is 2.35. The van der Waals surface area contributed by atoms with Gasteiger partial charge in [-0.2, -0.15) is 5.10 Å². The highest BCUT2D eigenvalue weighted by Crippen LogP contribution is 2.27. The number of anilines is 1. The van der Waals surface area contributed by atoms with Gasteiger partial charge in [0.2, 0.25) is 0 Å². The lowest BCUT2D eigenvalue weighted by Gasteiger charge is -2.13. The normalized spacial score (nSPS) is 10.5. The summed E-state index contributed by atoms with van der Waals surface area (Å²) in [6.07, 6.45) is 1.19. The van der Waals surface area contributed by atoms with Crippen LogP contribution in [0.15, 0.2) is 12.3 Å². The lowest BCUT2D eigenvalue weighted by atomic mass is 10.1. The summed E-state index contributed by atoms with van der Waals surface area (Å²) in [5.41, 5.74) is 2.15. The van der Waals surface area contributed by atoms with Crippen molar-refractivity contribution >= 4 is 29.1 Å². The molecule has 0 atom stereocenters. The number of carboxylic acids is 1. The minimum atomic E-state index is -1.17. The predicted molar refractivity (Wildman–Crippen MR) is 84.0 cm³/mol. The van der Waals surface area contributed by atoms with E-state index >= 15 is 0 Å². The third kappa shape index (κ3) is 3.09. The van der Waals surface area contributed by atoms with E-state index in [0.29, 0.717) is 17.9 Å². The van der Waals surface area contributed by atoms with Crippen LogP contribution in [-0.4, -0.2) is 31.6 Å². The molecule has 0 saturated heterocycles. The monoisotopic (exact) mass is 321 g/mol. The number of pyridine rings is 1. The van der Waals surface area contributed by atoms with Crippen LogP contribution in [0.3, 0.4) is 0 Å². The molecular formula is C14H16ClN5O2. The van der Waals surface area contributed by atoms with Crippen LogP contribution in [0, 0.1) is 12.3 Å². The second-order valence-corrected chi connectivity index (χ2v) is 5.27. The van der Waals surface area contributed by atoms with Gasteiger partial charge in [-0.05, 0) is 19.9 Å². The van der Waals surface area contributed by atoms with Crippen LogP contribution in [0.4, 0.5) is 5.82 Å². The molecule has 2 rings (SSSR count). The predicted octanol–water partition coefficient (Wildman–Crippen LogP) is 2.47. The average Bonchev–Trinajstić information content (AvgIpc) is 2.73. The summed E-state index contributed by atoms with van der Waals surface area (Å²) >= 11 is 6.10. The SMILES string of the molecule is CC(=N)c1c(NCc2cc(C)nn2C)ncc(C(=O)O)c1Cl. The lowest BCUT2D eigenvalue weighted by Crippen LogP contribution is -2.12. The largest absolute Gasteiger partial charge is 0.478 e. The summed E-state index contributed by atoms with van der Waals surface area (Å²) in [6, 6.07) is 1.93. The van der Waals surface area contributed by atoms with E-state index in [4.69, 9.17) is 22.1 Å². The van der Waals surface area contributed by atoms with Crippen LogP contribution < -0.4 is 5.32 Å². The number of halogens is 1. The first kappa shape index (κ1) is 16.0. The van der Waals surface area contributed by atoms with Crippen LogP contribution in [0.5, 0.6) is 0 Å². The molecule has 2 aromatic rings. The van der Waals surface area contributed by atoms with Crippen molar-refractivity contribution in [1.29, 1.82) is 5.41 Å². The quantitative estimate of drug-likeness (QED) is 0.734. The maximum Gasteiger partial charge on any atom is 0.338 e. The van der Waals surface area contributed by atoms with Crippen molar-refractivity contribution in [2.75, 3.05) is 5.32 Å². The maximum atomic E-state index is 11.1. The van der Waals surface area contributed by atoms with Crippen molar-refractivity contribution in [3.05, 3.63) is 39.8 Å². The molecule has 0 saturated carbocycles. The number of nitrogens with zero attached hydrogens (tertiary/aromatic N) is 3. The number of hydrogen-bond acceptors (Lipinski definition) is 5. The van der Waals surface area contributed by atoms with Gasteiger partial charge >= 0.3 is 5.97 Å². The van der Waals surface area contributed by atoms with Gasteiger partial charge in [-0.1, -0.05) is 11.6 Å². The molecule has 0 fully saturated rings. The van der Waals surface area contributed by atoms with Gasteiger partial charge in [-0.25, -0.2) is 9.78 Å². The molecule has 0 aromatic carbocycles. The summed E-state index contributed by atoms with van der Waals surface area (Å²) in [5.74, 6) is -0.796. The van der Waals surface area contributed by atoms with E-state index in [-0.39, 0.29) is 16.3 Å².